The third kappa shape index (κ3) is 3.42. The van der Waals surface area contributed by atoms with Crippen molar-refractivity contribution in [1.82, 2.24) is 4.98 Å². The molecule has 1 aromatic carbocycles. The van der Waals surface area contributed by atoms with Crippen molar-refractivity contribution < 1.29 is 18.3 Å². The van der Waals surface area contributed by atoms with Gasteiger partial charge in [0.05, 0.1) is 16.9 Å². The molecule has 2 N–H and O–H groups in total. The molecule has 0 radical (unpaired) electrons. The highest BCUT2D eigenvalue weighted by molar-refractivity contribution is 8.13. The predicted octanol–water partition coefficient (Wildman–Crippen LogP) is 2.76. The van der Waals surface area contributed by atoms with Crippen LogP contribution in [0.1, 0.15) is 11.3 Å². The number of hydrogen-bond donors (Lipinski definition) is 2. The van der Waals surface area contributed by atoms with Crippen molar-refractivity contribution in [2.45, 2.75) is 11.3 Å². The second-order valence-electron chi connectivity index (χ2n) is 4.35. The molecule has 0 aliphatic rings. The van der Waals surface area contributed by atoms with E-state index in [1.807, 2.05) is 6.07 Å². The number of nitrogens with zero attached hydrogens (tertiary/aromatic N) is 1. The Morgan fingerprint density at radius 1 is 1.36 bits per heavy atom. The summed E-state index contributed by atoms with van der Waals surface area (Å²) in [6, 6.07) is 5.76. The Labute approximate surface area is 135 Å². The Hall–Kier alpha value is -2.01. The van der Waals surface area contributed by atoms with E-state index in [4.69, 9.17) is 32.7 Å². The molecular formula is C13H8Cl2N2O4S. The smallest absolute Gasteiger partial charge is 0.309 e. The van der Waals surface area contributed by atoms with Crippen molar-refractivity contribution in [2.75, 3.05) is 0 Å². The van der Waals surface area contributed by atoms with Crippen molar-refractivity contribution in [1.29, 1.82) is 5.26 Å². The number of carboxylic acid groups (broad SMARTS) is 1. The van der Waals surface area contributed by atoms with Gasteiger partial charge in [-0.1, -0.05) is 11.6 Å². The fraction of sp³-hybridized carbons (Fsp3) is 0.0769. The predicted molar refractivity (Wildman–Crippen MR) is 80.3 cm³/mol. The second kappa shape index (κ2) is 6.01. The molecule has 0 aliphatic heterocycles. The van der Waals surface area contributed by atoms with Crippen LogP contribution in [-0.4, -0.2) is 24.5 Å². The highest BCUT2D eigenvalue weighted by Gasteiger charge is 2.19. The number of benzene rings is 1. The third-order valence-electron chi connectivity index (χ3n) is 2.85. The summed E-state index contributed by atoms with van der Waals surface area (Å²) in [4.78, 5) is 13.4. The number of aliphatic carboxylic acids is 1. The average molecular weight is 359 g/mol. The number of hydrogen-bond acceptors (Lipinski definition) is 4. The number of nitriles is 1. The summed E-state index contributed by atoms with van der Waals surface area (Å²) >= 11 is 5.89. The van der Waals surface area contributed by atoms with E-state index in [9.17, 15) is 13.2 Å². The maximum atomic E-state index is 11.5. The fourth-order valence-electron chi connectivity index (χ4n) is 2.02. The Morgan fingerprint density at radius 2 is 2.05 bits per heavy atom. The van der Waals surface area contributed by atoms with Gasteiger partial charge in [0, 0.05) is 33.2 Å². The number of carbonyl (C=O) groups is 1. The molecular weight excluding hydrogens is 351 g/mol. The lowest BCUT2D eigenvalue weighted by molar-refractivity contribution is -0.136. The standard InChI is InChI=1S/C13H8Cl2N2O4S/c14-9-1-7(2-10(3-9)22(15,20)21)13-8(5-16)6-17-11(13)4-12(18)19/h1-3,6,17H,4H2,(H,18,19). The van der Waals surface area contributed by atoms with E-state index >= 15 is 0 Å². The van der Waals surface area contributed by atoms with E-state index in [1.165, 1.54) is 24.4 Å². The van der Waals surface area contributed by atoms with Crippen LogP contribution < -0.4 is 0 Å². The molecule has 1 aromatic heterocycles. The molecule has 0 spiro atoms. The van der Waals surface area contributed by atoms with E-state index < -0.39 is 15.0 Å². The summed E-state index contributed by atoms with van der Waals surface area (Å²) in [6.07, 6.45) is 0.996. The van der Waals surface area contributed by atoms with Crippen molar-refractivity contribution >= 4 is 37.3 Å². The first-order valence-electron chi connectivity index (χ1n) is 5.80. The van der Waals surface area contributed by atoms with Gasteiger partial charge in [-0.25, -0.2) is 8.42 Å². The number of carboxylic acids is 1. The van der Waals surface area contributed by atoms with Crippen LogP contribution in [0.5, 0.6) is 0 Å². The van der Waals surface area contributed by atoms with Gasteiger partial charge in [0.1, 0.15) is 6.07 Å². The molecule has 2 aromatic rings. The lowest BCUT2D eigenvalue weighted by Gasteiger charge is -2.07. The van der Waals surface area contributed by atoms with Gasteiger partial charge in [-0.3, -0.25) is 4.79 Å². The van der Waals surface area contributed by atoms with E-state index in [0.717, 1.165) is 0 Å². The second-order valence-corrected chi connectivity index (χ2v) is 7.35. The molecule has 22 heavy (non-hydrogen) atoms. The molecule has 0 bridgehead atoms. The van der Waals surface area contributed by atoms with Gasteiger partial charge in [-0.2, -0.15) is 5.26 Å². The zero-order chi connectivity index (χ0) is 16.5. The van der Waals surface area contributed by atoms with E-state index in [0.29, 0.717) is 5.56 Å². The van der Waals surface area contributed by atoms with Crippen molar-refractivity contribution in [3.8, 4) is 17.2 Å². The minimum atomic E-state index is -4.02. The number of nitrogens with one attached hydrogen (secondary N) is 1. The van der Waals surface area contributed by atoms with Gasteiger partial charge >= 0.3 is 5.97 Å². The van der Waals surface area contributed by atoms with Crippen LogP contribution in [0.3, 0.4) is 0 Å². The van der Waals surface area contributed by atoms with Crippen LogP contribution in [0.2, 0.25) is 5.02 Å². The maximum Gasteiger partial charge on any atom is 0.309 e. The summed E-state index contributed by atoms with van der Waals surface area (Å²) in [5.74, 6) is -1.10. The first-order valence-corrected chi connectivity index (χ1v) is 8.49. The first-order chi connectivity index (χ1) is 10.2. The van der Waals surface area contributed by atoms with Crippen LogP contribution in [0.4, 0.5) is 0 Å². The summed E-state index contributed by atoms with van der Waals surface area (Å²) in [5.41, 5.74) is 1.02. The lowest BCUT2D eigenvalue weighted by atomic mass is 10.0. The zero-order valence-corrected chi connectivity index (χ0v) is 13.1. The van der Waals surface area contributed by atoms with Crippen LogP contribution in [0, 0.1) is 11.3 Å². The van der Waals surface area contributed by atoms with Gasteiger partial charge in [0.2, 0.25) is 0 Å². The summed E-state index contributed by atoms with van der Waals surface area (Å²) in [7, 11) is 1.29. The number of aromatic amines is 1. The molecule has 6 nitrogen and oxygen atoms in total. The molecule has 0 fully saturated rings. The molecule has 0 saturated carbocycles. The minimum absolute atomic E-state index is 0.100. The van der Waals surface area contributed by atoms with Crippen LogP contribution in [0.15, 0.2) is 29.3 Å². The minimum Gasteiger partial charge on any atom is -0.481 e. The van der Waals surface area contributed by atoms with E-state index in [-0.39, 0.29) is 33.2 Å². The van der Waals surface area contributed by atoms with E-state index in [1.54, 1.807) is 0 Å². The fourth-order valence-corrected chi connectivity index (χ4v) is 3.13. The van der Waals surface area contributed by atoms with Crippen molar-refractivity contribution in [3.63, 3.8) is 0 Å². The average Bonchev–Trinajstić information content (AvgIpc) is 2.78. The van der Waals surface area contributed by atoms with Gasteiger partial charge in [-0.15, -0.1) is 0 Å². The summed E-state index contributed by atoms with van der Waals surface area (Å²) < 4.78 is 22.9. The molecule has 0 aliphatic carbocycles. The highest BCUT2D eigenvalue weighted by Crippen LogP contribution is 2.33. The van der Waals surface area contributed by atoms with Crippen molar-refractivity contribution in [3.05, 3.63) is 40.7 Å². The molecule has 9 heteroatoms. The monoisotopic (exact) mass is 358 g/mol. The normalized spacial score (nSPS) is 11.1. The van der Waals surface area contributed by atoms with Crippen LogP contribution >= 0.6 is 22.3 Å². The Kier molecular flexibility index (Phi) is 4.47. The molecule has 0 unspecified atom stereocenters. The molecule has 0 saturated heterocycles. The van der Waals surface area contributed by atoms with Crippen molar-refractivity contribution in [2.24, 2.45) is 0 Å². The number of halogens is 2. The van der Waals surface area contributed by atoms with Crippen LogP contribution in [0.25, 0.3) is 11.1 Å². The number of H-pyrrole nitrogens is 1. The highest BCUT2D eigenvalue weighted by atomic mass is 35.7. The van der Waals surface area contributed by atoms with E-state index in [2.05, 4.69) is 4.98 Å². The van der Waals surface area contributed by atoms with Gasteiger partial charge in [0.25, 0.3) is 9.05 Å². The molecule has 0 amide bonds. The third-order valence-corrected chi connectivity index (χ3v) is 4.40. The summed E-state index contributed by atoms with van der Waals surface area (Å²) in [6.45, 7) is 0. The SMILES string of the molecule is N#Cc1c[nH]c(CC(=O)O)c1-c1cc(Cl)cc(S(=O)(=O)Cl)c1. The number of aromatic nitrogens is 1. The zero-order valence-electron chi connectivity index (χ0n) is 10.8. The molecule has 1 heterocycles. The van der Waals surface area contributed by atoms with Gasteiger partial charge in [0.15, 0.2) is 0 Å². The summed E-state index contributed by atoms with van der Waals surface area (Å²) in [5, 5.41) is 18.1. The van der Waals surface area contributed by atoms with Gasteiger partial charge in [-0.05, 0) is 23.8 Å². The number of rotatable bonds is 4. The molecule has 114 valence electrons. The quantitative estimate of drug-likeness (QED) is 0.816. The Morgan fingerprint density at radius 3 is 2.59 bits per heavy atom. The lowest BCUT2D eigenvalue weighted by Crippen LogP contribution is -2.02. The maximum absolute atomic E-state index is 11.5. The Balaban J connectivity index is 2.71. The first kappa shape index (κ1) is 16.4. The largest absolute Gasteiger partial charge is 0.481 e. The molecule has 0 atom stereocenters. The topological polar surface area (TPSA) is 111 Å². The Bertz CT molecular complexity index is 897. The molecule has 2 rings (SSSR count). The van der Waals surface area contributed by atoms with Gasteiger partial charge < -0.3 is 10.1 Å². The van der Waals surface area contributed by atoms with Crippen LogP contribution in [-0.2, 0) is 20.3 Å².